The quantitative estimate of drug-likeness (QED) is 0.801. The SMILES string of the molecule is Cc1nc(C)n(C[C@H]2CCCN(CCN3C(=O)NC(C)(C)C3=O)C2)n1. The number of nitrogens with one attached hydrogen (secondary N) is 1. The molecule has 0 radical (unpaired) electrons. The number of nitrogens with zero attached hydrogens (tertiary/aromatic N) is 5. The van der Waals surface area contributed by atoms with Crippen LogP contribution in [0.5, 0.6) is 0 Å². The summed E-state index contributed by atoms with van der Waals surface area (Å²) in [4.78, 5) is 32.3. The molecule has 0 aliphatic carbocycles. The first-order valence-corrected chi connectivity index (χ1v) is 9.01. The lowest BCUT2D eigenvalue weighted by Gasteiger charge is -2.33. The summed E-state index contributed by atoms with van der Waals surface area (Å²) in [6.07, 6.45) is 2.30. The fraction of sp³-hybridized carbons (Fsp3) is 0.765. The molecule has 2 aliphatic rings. The van der Waals surface area contributed by atoms with Gasteiger partial charge >= 0.3 is 6.03 Å². The molecule has 1 atom stereocenters. The fourth-order valence-electron chi connectivity index (χ4n) is 3.74. The van der Waals surface area contributed by atoms with Gasteiger partial charge in [0.05, 0.1) is 0 Å². The maximum absolute atomic E-state index is 12.3. The summed E-state index contributed by atoms with van der Waals surface area (Å²) in [5.41, 5.74) is -0.788. The van der Waals surface area contributed by atoms with Crippen molar-refractivity contribution in [2.75, 3.05) is 26.2 Å². The smallest absolute Gasteiger partial charge is 0.324 e. The Hall–Kier alpha value is -1.96. The van der Waals surface area contributed by atoms with Gasteiger partial charge in [0.25, 0.3) is 5.91 Å². The number of carbonyl (C=O) groups excluding carboxylic acids is 2. The number of carbonyl (C=O) groups is 2. The Bertz CT molecular complexity index is 668. The number of rotatable bonds is 5. The number of urea groups is 1. The molecule has 3 amide bonds. The zero-order chi connectivity index (χ0) is 18.2. The molecule has 1 aromatic rings. The molecule has 0 spiro atoms. The Labute approximate surface area is 148 Å². The first-order chi connectivity index (χ1) is 11.8. The average Bonchev–Trinajstić information content (AvgIpc) is 2.94. The van der Waals surface area contributed by atoms with Crippen molar-refractivity contribution in [3.63, 3.8) is 0 Å². The highest BCUT2D eigenvalue weighted by molar-refractivity contribution is 6.06. The van der Waals surface area contributed by atoms with Crippen LogP contribution in [0, 0.1) is 19.8 Å². The van der Waals surface area contributed by atoms with Crippen LogP contribution >= 0.6 is 0 Å². The van der Waals surface area contributed by atoms with Gasteiger partial charge in [-0.3, -0.25) is 9.69 Å². The minimum atomic E-state index is -0.788. The summed E-state index contributed by atoms with van der Waals surface area (Å²) < 4.78 is 1.99. The van der Waals surface area contributed by atoms with Gasteiger partial charge in [-0.1, -0.05) is 0 Å². The number of aromatic nitrogens is 3. The van der Waals surface area contributed by atoms with Crippen molar-refractivity contribution in [1.82, 2.24) is 29.9 Å². The minimum Gasteiger partial charge on any atom is -0.324 e. The second-order valence-electron chi connectivity index (χ2n) is 7.71. The number of imide groups is 1. The van der Waals surface area contributed by atoms with Crippen LogP contribution in [0.4, 0.5) is 4.79 Å². The predicted octanol–water partition coefficient (Wildman–Crippen LogP) is 0.937. The molecule has 8 nitrogen and oxygen atoms in total. The number of piperidine rings is 1. The van der Waals surface area contributed by atoms with Crippen LogP contribution in [0.2, 0.25) is 0 Å². The number of aryl methyl sites for hydroxylation is 2. The van der Waals surface area contributed by atoms with Crippen LogP contribution in [-0.2, 0) is 11.3 Å². The average molecular weight is 348 g/mol. The van der Waals surface area contributed by atoms with Crippen molar-refractivity contribution in [2.24, 2.45) is 5.92 Å². The van der Waals surface area contributed by atoms with Gasteiger partial charge in [-0.15, -0.1) is 0 Å². The second-order valence-corrected chi connectivity index (χ2v) is 7.71. The van der Waals surface area contributed by atoms with Crippen LogP contribution < -0.4 is 5.32 Å². The molecule has 2 fully saturated rings. The lowest BCUT2D eigenvalue weighted by molar-refractivity contribution is -0.130. The molecule has 3 heterocycles. The van der Waals surface area contributed by atoms with Crippen LogP contribution in [0.25, 0.3) is 0 Å². The Morgan fingerprint density at radius 3 is 2.60 bits per heavy atom. The van der Waals surface area contributed by atoms with Crippen molar-refractivity contribution >= 4 is 11.9 Å². The Morgan fingerprint density at radius 2 is 2.00 bits per heavy atom. The van der Waals surface area contributed by atoms with Crippen molar-refractivity contribution in [1.29, 1.82) is 0 Å². The van der Waals surface area contributed by atoms with Crippen molar-refractivity contribution in [3.8, 4) is 0 Å². The van der Waals surface area contributed by atoms with E-state index in [0.29, 0.717) is 12.5 Å². The Kier molecular flexibility index (Phi) is 4.81. The third-order valence-electron chi connectivity index (χ3n) is 5.08. The van der Waals surface area contributed by atoms with E-state index in [1.165, 1.54) is 11.3 Å². The summed E-state index contributed by atoms with van der Waals surface area (Å²) in [6.45, 7) is 11.4. The van der Waals surface area contributed by atoms with Gasteiger partial charge in [0.1, 0.15) is 17.2 Å². The molecule has 3 rings (SSSR count). The van der Waals surface area contributed by atoms with Gasteiger partial charge in [0.15, 0.2) is 0 Å². The Morgan fingerprint density at radius 1 is 1.24 bits per heavy atom. The van der Waals surface area contributed by atoms with E-state index in [-0.39, 0.29) is 11.9 Å². The summed E-state index contributed by atoms with van der Waals surface area (Å²) in [5.74, 6) is 2.15. The monoisotopic (exact) mass is 348 g/mol. The lowest BCUT2D eigenvalue weighted by atomic mass is 9.98. The largest absolute Gasteiger partial charge is 0.325 e. The zero-order valence-corrected chi connectivity index (χ0v) is 15.6. The van der Waals surface area contributed by atoms with E-state index in [9.17, 15) is 9.59 Å². The van der Waals surface area contributed by atoms with Gasteiger partial charge in [0, 0.05) is 26.2 Å². The standard InChI is InChI=1S/C17H28N6O2/c1-12-18-13(2)23(20-12)11-14-6-5-7-21(10-14)8-9-22-15(24)17(3,4)19-16(22)25/h14H,5-11H2,1-4H3,(H,19,25)/t14-/m0/s1. The van der Waals surface area contributed by atoms with E-state index >= 15 is 0 Å². The molecule has 2 saturated heterocycles. The highest BCUT2D eigenvalue weighted by atomic mass is 16.2. The first kappa shape index (κ1) is 17.8. The molecule has 1 N–H and O–H groups in total. The highest BCUT2D eigenvalue weighted by Crippen LogP contribution is 2.20. The molecule has 2 aliphatic heterocycles. The molecule has 0 saturated carbocycles. The predicted molar refractivity (Wildman–Crippen MR) is 93.0 cm³/mol. The van der Waals surface area contributed by atoms with Gasteiger partial charge in [-0.2, -0.15) is 5.10 Å². The number of hydrogen-bond donors (Lipinski definition) is 1. The summed E-state index contributed by atoms with van der Waals surface area (Å²) in [5, 5.41) is 7.19. The van der Waals surface area contributed by atoms with Gasteiger partial charge in [-0.05, 0) is 53.0 Å². The summed E-state index contributed by atoms with van der Waals surface area (Å²) in [7, 11) is 0. The van der Waals surface area contributed by atoms with Crippen LogP contribution in [0.3, 0.4) is 0 Å². The third kappa shape index (κ3) is 3.84. The van der Waals surface area contributed by atoms with Crippen molar-refractivity contribution < 1.29 is 9.59 Å². The first-order valence-electron chi connectivity index (χ1n) is 9.01. The summed E-state index contributed by atoms with van der Waals surface area (Å²) in [6, 6.07) is -0.280. The second kappa shape index (κ2) is 6.74. The molecular formula is C17H28N6O2. The number of likely N-dealkylation sites (tertiary alicyclic amines) is 1. The van der Waals surface area contributed by atoms with Crippen molar-refractivity contribution in [2.45, 2.75) is 52.6 Å². The minimum absolute atomic E-state index is 0.139. The third-order valence-corrected chi connectivity index (χ3v) is 5.08. The van der Waals surface area contributed by atoms with Crippen LogP contribution in [0.15, 0.2) is 0 Å². The number of amides is 3. The van der Waals surface area contributed by atoms with Crippen LogP contribution in [0.1, 0.15) is 38.3 Å². The maximum atomic E-state index is 12.3. The van der Waals surface area contributed by atoms with Gasteiger partial charge in [0.2, 0.25) is 0 Å². The summed E-state index contributed by atoms with van der Waals surface area (Å²) >= 11 is 0. The zero-order valence-electron chi connectivity index (χ0n) is 15.6. The molecule has 0 aromatic carbocycles. The van der Waals surface area contributed by atoms with E-state index in [1.54, 1.807) is 13.8 Å². The Balaban J connectivity index is 1.53. The lowest BCUT2D eigenvalue weighted by Crippen LogP contribution is -2.44. The van der Waals surface area contributed by atoms with E-state index in [0.717, 1.165) is 44.2 Å². The van der Waals surface area contributed by atoms with E-state index in [1.807, 2.05) is 18.5 Å². The molecule has 1 aromatic heterocycles. The van der Waals surface area contributed by atoms with E-state index < -0.39 is 5.54 Å². The maximum Gasteiger partial charge on any atom is 0.325 e. The van der Waals surface area contributed by atoms with Gasteiger partial charge < -0.3 is 10.2 Å². The number of hydrogen-bond acceptors (Lipinski definition) is 5. The van der Waals surface area contributed by atoms with Crippen LogP contribution in [-0.4, -0.2) is 68.2 Å². The normalized spacial score (nSPS) is 24.0. The van der Waals surface area contributed by atoms with E-state index in [4.69, 9.17) is 0 Å². The fourth-order valence-corrected chi connectivity index (χ4v) is 3.74. The molecule has 138 valence electrons. The van der Waals surface area contributed by atoms with E-state index in [2.05, 4.69) is 20.3 Å². The topological polar surface area (TPSA) is 83.4 Å². The molecule has 25 heavy (non-hydrogen) atoms. The highest BCUT2D eigenvalue weighted by Gasteiger charge is 2.44. The molecule has 8 heteroatoms. The molecular weight excluding hydrogens is 320 g/mol. The van der Waals surface area contributed by atoms with Crippen molar-refractivity contribution in [3.05, 3.63) is 11.6 Å². The molecule has 0 unspecified atom stereocenters. The molecule has 0 bridgehead atoms. The van der Waals surface area contributed by atoms with Gasteiger partial charge in [-0.25, -0.2) is 14.5 Å².